The van der Waals surface area contributed by atoms with Gasteiger partial charge in [0.15, 0.2) is 0 Å². The van der Waals surface area contributed by atoms with Crippen LogP contribution in [0, 0.1) is 0 Å². The Morgan fingerprint density at radius 3 is 2.89 bits per heavy atom. The Hall–Kier alpha value is 0.450. The molecule has 0 aromatic carbocycles. The lowest BCUT2D eigenvalue weighted by Crippen LogP contribution is -2.38. The molecule has 1 aliphatic rings. The minimum Gasteiger partial charge on any atom is -0.311 e. The van der Waals surface area contributed by atoms with Gasteiger partial charge in [-0.05, 0) is 54.2 Å². The first kappa shape index (κ1) is 14.9. The fourth-order valence-electron chi connectivity index (χ4n) is 2.26. The van der Waals surface area contributed by atoms with Crippen molar-refractivity contribution >= 4 is 39.0 Å². The van der Waals surface area contributed by atoms with Gasteiger partial charge < -0.3 is 10.2 Å². The van der Waals surface area contributed by atoms with Crippen molar-refractivity contribution in [3.8, 4) is 0 Å². The summed E-state index contributed by atoms with van der Waals surface area (Å²) in [5, 5.41) is 6.57. The van der Waals surface area contributed by atoms with Crippen LogP contribution in [0.25, 0.3) is 0 Å². The van der Waals surface area contributed by atoms with Crippen molar-refractivity contribution in [1.82, 2.24) is 10.2 Å². The molecule has 1 fully saturated rings. The van der Waals surface area contributed by atoms with Crippen LogP contribution >= 0.6 is 39.0 Å². The Morgan fingerprint density at radius 2 is 2.28 bits per heavy atom. The zero-order valence-corrected chi connectivity index (χ0v) is 14.0. The second-order valence-electron chi connectivity index (χ2n) is 4.68. The lowest BCUT2D eigenvalue weighted by Gasteiger charge is -2.31. The molecule has 1 N–H and O–H groups in total. The molecular weight excluding hydrogens is 328 g/mol. The predicted octanol–water partition coefficient (Wildman–Crippen LogP) is 3.43. The Bertz CT molecular complexity index is 349. The fourth-order valence-corrected chi connectivity index (χ4v) is 4.37. The van der Waals surface area contributed by atoms with E-state index in [2.05, 4.69) is 43.8 Å². The molecule has 1 aromatic heterocycles. The van der Waals surface area contributed by atoms with Gasteiger partial charge in [0.25, 0.3) is 0 Å². The molecule has 0 radical (unpaired) electrons. The first-order valence-corrected chi connectivity index (χ1v) is 9.43. The molecule has 2 nitrogen and oxygen atoms in total. The maximum Gasteiger partial charge on any atom is 0.0300 e. The van der Waals surface area contributed by atoms with E-state index in [4.69, 9.17) is 0 Å². The number of hydrogen-bond donors (Lipinski definition) is 1. The molecule has 0 saturated carbocycles. The largest absolute Gasteiger partial charge is 0.311 e. The molecule has 1 aliphatic heterocycles. The summed E-state index contributed by atoms with van der Waals surface area (Å²) in [5.74, 6) is 0. The smallest absolute Gasteiger partial charge is 0.0300 e. The minimum atomic E-state index is 0.901. The molecule has 0 atom stereocenters. The van der Waals surface area contributed by atoms with Gasteiger partial charge in [-0.1, -0.05) is 0 Å². The van der Waals surface area contributed by atoms with E-state index in [1.807, 2.05) is 23.1 Å². The number of likely N-dealkylation sites (tertiary alicyclic amines) is 1. The van der Waals surface area contributed by atoms with Crippen LogP contribution in [0.1, 0.15) is 17.7 Å². The quantitative estimate of drug-likeness (QED) is 0.792. The van der Waals surface area contributed by atoms with E-state index in [-0.39, 0.29) is 0 Å². The van der Waals surface area contributed by atoms with Crippen molar-refractivity contribution in [2.75, 3.05) is 32.4 Å². The van der Waals surface area contributed by atoms with E-state index in [9.17, 15) is 0 Å². The van der Waals surface area contributed by atoms with Crippen LogP contribution in [0.5, 0.6) is 0 Å². The van der Waals surface area contributed by atoms with Crippen molar-refractivity contribution in [2.24, 2.45) is 0 Å². The molecule has 5 heteroatoms. The highest BCUT2D eigenvalue weighted by Crippen LogP contribution is 2.21. The van der Waals surface area contributed by atoms with Gasteiger partial charge >= 0.3 is 0 Å². The third kappa shape index (κ3) is 4.85. The van der Waals surface area contributed by atoms with Crippen LogP contribution in [0.2, 0.25) is 0 Å². The average molecular weight is 349 g/mol. The van der Waals surface area contributed by atoms with Gasteiger partial charge in [-0.3, -0.25) is 0 Å². The van der Waals surface area contributed by atoms with E-state index in [0.29, 0.717) is 0 Å². The van der Waals surface area contributed by atoms with E-state index in [1.54, 1.807) is 0 Å². The summed E-state index contributed by atoms with van der Waals surface area (Å²) >= 11 is 7.33. The average Bonchev–Trinajstić information content (AvgIpc) is 2.81. The van der Waals surface area contributed by atoms with Gasteiger partial charge in [-0.25, -0.2) is 0 Å². The summed E-state index contributed by atoms with van der Waals surface area (Å²) < 4.78 is 1.20. The van der Waals surface area contributed by atoms with Crippen molar-refractivity contribution < 1.29 is 0 Å². The number of nitrogens with one attached hydrogen (secondary N) is 1. The number of halogens is 1. The molecule has 0 spiro atoms. The van der Waals surface area contributed by atoms with Gasteiger partial charge in [-0.2, -0.15) is 11.8 Å². The molecule has 0 amide bonds. The van der Waals surface area contributed by atoms with E-state index < -0.39 is 0 Å². The second kappa shape index (κ2) is 7.90. The summed E-state index contributed by atoms with van der Waals surface area (Å²) in [7, 11) is 0. The molecule has 2 rings (SSSR count). The molecule has 18 heavy (non-hydrogen) atoms. The number of thiophene rings is 1. The normalized spacial score (nSPS) is 18.3. The van der Waals surface area contributed by atoms with Gasteiger partial charge in [0.05, 0.1) is 0 Å². The number of nitrogens with zero attached hydrogens (tertiary/aromatic N) is 1. The van der Waals surface area contributed by atoms with E-state index in [0.717, 1.165) is 18.3 Å². The van der Waals surface area contributed by atoms with Gasteiger partial charge in [0.1, 0.15) is 0 Å². The lowest BCUT2D eigenvalue weighted by atomic mass is 10.1. The standard InChI is InChI=1S/C13H21BrN2S2/c1-17-12-2-5-16(6-3-12)7-4-15-9-13-8-11(14)10-18-13/h8,10,12,15H,2-7,9H2,1H3. The van der Waals surface area contributed by atoms with Crippen LogP contribution in [0.3, 0.4) is 0 Å². The number of piperidine rings is 1. The first-order valence-electron chi connectivity index (χ1n) is 6.46. The summed E-state index contributed by atoms with van der Waals surface area (Å²) in [6.45, 7) is 5.83. The second-order valence-corrected chi connectivity index (χ2v) is 7.73. The first-order chi connectivity index (χ1) is 8.78. The maximum absolute atomic E-state index is 3.53. The van der Waals surface area contributed by atoms with Crippen molar-refractivity contribution in [3.05, 3.63) is 20.8 Å². The Kier molecular flexibility index (Phi) is 6.52. The monoisotopic (exact) mass is 348 g/mol. The highest BCUT2D eigenvalue weighted by Gasteiger charge is 2.17. The highest BCUT2D eigenvalue weighted by molar-refractivity contribution is 9.10. The van der Waals surface area contributed by atoms with Crippen LogP contribution in [-0.2, 0) is 6.54 Å². The highest BCUT2D eigenvalue weighted by atomic mass is 79.9. The van der Waals surface area contributed by atoms with E-state index >= 15 is 0 Å². The van der Waals surface area contributed by atoms with Crippen LogP contribution in [-0.4, -0.2) is 42.6 Å². The van der Waals surface area contributed by atoms with Crippen molar-refractivity contribution in [2.45, 2.75) is 24.6 Å². The maximum atomic E-state index is 3.53. The number of rotatable bonds is 6. The zero-order chi connectivity index (χ0) is 12.8. The summed E-state index contributed by atoms with van der Waals surface area (Å²) in [6.07, 6.45) is 4.96. The SMILES string of the molecule is CSC1CCN(CCNCc2cc(Br)cs2)CC1. The van der Waals surface area contributed by atoms with Crippen molar-refractivity contribution in [1.29, 1.82) is 0 Å². The van der Waals surface area contributed by atoms with Gasteiger partial charge in [0, 0.05) is 39.6 Å². The van der Waals surface area contributed by atoms with Gasteiger partial charge in [-0.15, -0.1) is 11.3 Å². The zero-order valence-electron chi connectivity index (χ0n) is 10.8. The topological polar surface area (TPSA) is 15.3 Å². The molecule has 1 saturated heterocycles. The van der Waals surface area contributed by atoms with Crippen LogP contribution in [0.15, 0.2) is 15.9 Å². The van der Waals surface area contributed by atoms with Crippen molar-refractivity contribution in [3.63, 3.8) is 0 Å². The number of thioether (sulfide) groups is 1. The molecule has 0 bridgehead atoms. The third-order valence-corrected chi connectivity index (χ3v) is 6.23. The molecule has 2 heterocycles. The van der Waals surface area contributed by atoms with Crippen LogP contribution < -0.4 is 5.32 Å². The lowest BCUT2D eigenvalue weighted by molar-refractivity contribution is 0.233. The summed E-state index contributed by atoms with van der Waals surface area (Å²) in [5.41, 5.74) is 0. The summed E-state index contributed by atoms with van der Waals surface area (Å²) in [6, 6.07) is 2.20. The summed E-state index contributed by atoms with van der Waals surface area (Å²) in [4.78, 5) is 3.99. The molecule has 0 aliphatic carbocycles. The van der Waals surface area contributed by atoms with Crippen LogP contribution in [0.4, 0.5) is 0 Å². The van der Waals surface area contributed by atoms with Gasteiger partial charge in [0.2, 0.25) is 0 Å². The number of hydrogen-bond acceptors (Lipinski definition) is 4. The minimum absolute atomic E-state index is 0.901. The predicted molar refractivity (Wildman–Crippen MR) is 86.7 cm³/mol. The Labute approximate surface area is 127 Å². The Morgan fingerprint density at radius 1 is 1.50 bits per heavy atom. The molecule has 1 aromatic rings. The molecular formula is C13H21BrN2S2. The fraction of sp³-hybridized carbons (Fsp3) is 0.692. The van der Waals surface area contributed by atoms with E-state index in [1.165, 1.54) is 41.8 Å². The Balaban J connectivity index is 1.56. The third-order valence-electron chi connectivity index (χ3n) is 3.39. The molecule has 102 valence electrons. The molecule has 0 unspecified atom stereocenters.